The Bertz CT molecular complexity index is 1020. The van der Waals surface area contributed by atoms with Gasteiger partial charge in [0.25, 0.3) is 0 Å². The molecule has 3 unspecified atom stereocenters. The fourth-order valence-electron chi connectivity index (χ4n) is 4.26. The van der Waals surface area contributed by atoms with Crippen LogP contribution in [0.15, 0.2) is 43.2 Å². The molecule has 0 spiro atoms. The number of ether oxygens (including phenoxy) is 1. The quantitative estimate of drug-likeness (QED) is 0.370. The second-order valence-corrected chi connectivity index (χ2v) is 7.66. The number of halogens is 2. The number of nitrogens with zero attached hydrogens (tertiary/aromatic N) is 4. The van der Waals surface area contributed by atoms with Crippen molar-refractivity contribution in [3.05, 3.63) is 59.2 Å². The normalized spacial score (nSPS) is 26.7. The zero-order chi connectivity index (χ0) is 17.9. The number of imidazole rings is 1. The molecule has 2 aliphatic rings. The standard InChI is InChI=1S/C19H16Cl2N4O/c1-11(12-5-3-2-4-6-12)26-14-7-8-19(9-13(14)19)25-10-22-15-16(20)23-18(21)24-17(15)25/h2-6,10,13-14H,1,7-9H2. The van der Waals surface area contributed by atoms with E-state index in [0.717, 1.165) is 30.6 Å². The molecular weight excluding hydrogens is 371 g/mol. The molecular formula is C19H16Cl2N4O. The lowest BCUT2D eigenvalue weighted by Gasteiger charge is -2.17. The summed E-state index contributed by atoms with van der Waals surface area (Å²) in [5.41, 5.74) is 2.29. The second-order valence-electron chi connectivity index (χ2n) is 6.97. The summed E-state index contributed by atoms with van der Waals surface area (Å²) >= 11 is 12.2. The number of aromatic nitrogens is 4. The predicted octanol–water partition coefficient (Wildman–Crippen LogP) is 4.70. The van der Waals surface area contributed by atoms with Gasteiger partial charge in [-0.15, -0.1) is 0 Å². The fraction of sp³-hybridized carbons (Fsp3) is 0.316. The molecule has 2 aliphatic carbocycles. The third kappa shape index (κ3) is 2.34. The summed E-state index contributed by atoms with van der Waals surface area (Å²) in [7, 11) is 0. The molecule has 3 aromatic rings. The van der Waals surface area contributed by atoms with Crippen molar-refractivity contribution in [2.45, 2.75) is 30.9 Å². The van der Waals surface area contributed by atoms with Crippen molar-refractivity contribution >= 4 is 40.1 Å². The summed E-state index contributed by atoms with van der Waals surface area (Å²) in [6, 6.07) is 10.00. The number of rotatable bonds is 4. The van der Waals surface area contributed by atoms with Gasteiger partial charge in [-0.3, -0.25) is 0 Å². The molecule has 2 aromatic heterocycles. The third-order valence-electron chi connectivity index (χ3n) is 5.61. The van der Waals surface area contributed by atoms with Gasteiger partial charge in [0.2, 0.25) is 5.28 Å². The summed E-state index contributed by atoms with van der Waals surface area (Å²) < 4.78 is 8.33. The van der Waals surface area contributed by atoms with Crippen molar-refractivity contribution in [3.63, 3.8) is 0 Å². The Morgan fingerprint density at radius 2 is 2.04 bits per heavy atom. The number of fused-ring (bicyclic) bond motifs is 2. The predicted molar refractivity (Wildman–Crippen MR) is 101 cm³/mol. The smallest absolute Gasteiger partial charge is 0.225 e. The summed E-state index contributed by atoms with van der Waals surface area (Å²) in [4.78, 5) is 12.7. The van der Waals surface area contributed by atoms with Crippen molar-refractivity contribution < 1.29 is 4.74 Å². The molecule has 0 aliphatic heterocycles. The first-order valence-electron chi connectivity index (χ1n) is 8.56. The Kier molecular flexibility index (Phi) is 3.52. The molecule has 2 saturated carbocycles. The Morgan fingerprint density at radius 1 is 1.23 bits per heavy atom. The molecule has 3 atom stereocenters. The number of hydrogen-bond acceptors (Lipinski definition) is 4. The van der Waals surface area contributed by atoms with Gasteiger partial charge in [0.15, 0.2) is 10.8 Å². The van der Waals surface area contributed by atoms with E-state index in [1.54, 1.807) is 6.33 Å². The van der Waals surface area contributed by atoms with E-state index in [1.807, 2.05) is 30.3 Å². The van der Waals surface area contributed by atoms with Gasteiger partial charge in [-0.25, -0.2) is 9.97 Å². The lowest BCUT2D eigenvalue weighted by atomic mass is 10.1. The van der Waals surface area contributed by atoms with Gasteiger partial charge < -0.3 is 9.30 Å². The second kappa shape index (κ2) is 5.69. The van der Waals surface area contributed by atoms with Crippen LogP contribution in [-0.4, -0.2) is 25.6 Å². The third-order valence-corrected chi connectivity index (χ3v) is 6.04. The van der Waals surface area contributed by atoms with Gasteiger partial charge in [0.05, 0.1) is 11.9 Å². The highest BCUT2D eigenvalue weighted by Gasteiger charge is 2.64. The topological polar surface area (TPSA) is 52.8 Å². The highest BCUT2D eigenvalue weighted by molar-refractivity contribution is 6.35. The maximum atomic E-state index is 6.22. The first-order chi connectivity index (χ1) is 12.6. The van der Waals surface area contributed by atoms with Crippen LogP contribution in [0.25, 0.3) is 16.9 Å². The average Bonchev–Trinajstić information content (AvgIpc) is 3.02. The molecule has 0 bridgehead atoms. The minimum absolute atomic E-state index is 0.0165. The minimum Gasteiger partial charge on any atom is -0.490 e. The summed E-state index contributed by atoms with van der Waals surface area (Å²) in [6.45, 7) is 4.10. The summed E-state index contributed by atoms with van der Waals surface area (Å²) in [5, 5.41) is 0.428. The van der Waals surface area contributed by atoms with Crippen LogP contribution in [0.3, 0.4) is 0 Å². The van der Waals surface area contributed by atoms with Crippen LogP contribution >= 0.6 is 23.2 Å². The van der Waals surface area contributed by atoms with Gasteiger partial charge in [-0.2, -0.15) is 4.98 Å². The molecule has 0 N–H and O–H groups in total. The summed E-state index contributed by atoms with van der Waals surface area (Å²) in [5.74, 6) is 1.13. The number of benzene rings is 1. The van der Waals surface area contributed by atoms with Gasteiger partial charge in [0.1, 0.15) is 17.4 Å². The van der Waals surface area contributed by atoms with Crippen LogP contribution in [0.1, 0.15) is 24.8 Å². The van der Waals surface area contributed by atoms with Crippen molar-refractivity contribution in [3.8, 4) is 0 Å². The fourth-order valence-corrected chi connectivity index (χ4v) is 4.68. The van der Waals surface area contributed by atoms with Crippen LogP contribution in [0.4, 0.5) is 0 Å². The van der Waals surface area contributed by atoms with E-state index in [-0.39, 0.29) is 22.1 Å². The van der Waals surface area contributed by atoms with E-state index in [2.05, 4.69) is 26.1 Å². The maximum Gasteiger partial charge on any atom is 0.225 e. The highest BCUT2D eigenvalue weighted by atomic mass is 35.5. The summed E-state index contributed by atoms with van der Waals surface area (Å²) in [6.07, 6.45) is 4.96. The molecule has 0 saturated heterocycles. The van der Waals surface area contributed by atoms with Gasteiger partial charge >= 0.3 is 0 Å². The Morgan fingerprint density at radius 3 is 2.81 bits per heavy atom. The molecule has 2 heterocycles. The van der Waals surface area contributed by atoms with Crippen molar-refractivity contribution in [2.75, 3.05) is 0 Å². The largest absolute Gasteiger partial charge is 0.490 e. The molecule has 5 rings (SSSR count). The monoisotopic (exact) mass is 386 g/mol. The van der Waals surface area contributed by atoms with E-state index < -0.39 is 0 Å². The first kappa shape index (κ1) is 16.1. The Balaban J connectivity index is 1.41. The van der Waals surface area contributed by atoms with Crippen LogP contribution in [0, 0.1) is 5.92 Å². The lowest BCUT2D eigenvalue weighted by molar-refractivity contribution is 0.151. The van der Waals surface area contributed by atoms with E-state index in [9.17, 15) is 0 Å². The molecule has 0 amide bonds. The van der Waals surface area contributed by atoms with Crippen LogP contribution < -0.4 is 0 Å². The maximum absolute atomic E-state index is 6.22. The average molecular weight is 387 g/mol. The van der Waals surface area contributed by atoms with Crippen LogP contribution in [0.5, 0.6) is 0 Å². The zero-order valence-corrected chi connectivity index (χ0v) is 15.4. The van der Waals surface area contributed by atoms with Gasteiger partial charge in [0, 0.05) is 11.5 Å². The van der Waals surface area contributed by atoms with Gasteiger partial charge in [-0.1, -0.05) is 48.5 Å². The molecule has 1 aromatic carbocycles. The lowest BCUT2D eigenvalue weighted by Crippen LogP contribution is -2.17. The van der Waals surface area contributed by atoms with E-state index in [1.165, 1.54) is 0 Å². The van der Waals surface area contributed by atoms with Crippen molar-refractivity contribution in [2.24, 2.45) is 5.92 Å². The van der Waals surface area contributed by atoms with Gasteiger partial charge in [-0.05, 0) is 30.9 Å². The molecule has 2 fully saturated rings. The Labute approximate surface area is 160 Å². The molecule has 5 nitrogen and oxygen atoms in total. The molecule has 7 heteroatoms. The van der Waals surface area contributed by atoms with E-state index in [0.29, 0.717) is 17.1 Å². The molecule has 0 radical (unpaired) electrons. The van der Waals surface area contributed by atoms with Crippen LogP contribution in [0.2, 0.25) is 10.4 Å². The minimum atomic E-state index is -0.0165. The SMILES string of the molecule is C=C(OC1CCC2(n3cnc4c(Cl)nc(Cl)nc43)CC12)c1ccccc1. The Hall–Kier alpha value is -2.11. The molecule has 132 valence electrons. The van der Waals surface area contributed by atoms with E-state index >= 15 is 0 Å². The van der Waals surface area contributed by atoms with Crippen LogP contribution in [-0.2, 0) is 10.3 Å². The first-order valence-corrected chi connectivity index (χ1v) is 9.32. The van der Waals surface area contributed by atoms with Crippen molar-refractivity contribution in [1.82, 2.24) is 19.5 Å². The zero-order valence-electron chi connectivity index (χ0n) is 13.9. The number of hydrogen-bond donors (Lipinski definition) is 0. The van der Waals surface area contributed by atoms with Crippen molar-refractivity contribution in [1.29, 1.82) is 0 Å². The molecule has 26 heavy (non-hydrogen) atoms. The highest BCUT2D eigenvalue weighted by Crippen LogP contribution is 2.63. The van der Waals surface area contributed by atoms with E-state index in [4.69, 9.17) is 27.9 Å².